The third-order valence-corrected chi connectivity index (χ3v) is 5.06. The Bertz CT molecular complexity index is 316. The standard InChI is InChI=1S/C17H32N2O2/c1-3-14-10-16(13-19(12-14)17(20)21-4-2)18-11-15-8-6-5-7-9-15/h14-16,18H,3-13H2,1-2H3. The summed E-state index contributed by atoms with van der Waals surface area (Å²) in [5.41, 5.74) is 0. The number of hydrogen-bond donors (Lipinski definition) is 1. The smallest absolute Gasteiger partial charge is 0.409 e. The summed E-state index contributed by atoms with van der Waals surface area (Å²) >= 11 is 0. The molecule has 1 amide bonds. The molecule has 2 unspecified atom stereocenters. The van der Waals surface area contributed by atoms with Gasteiger partial charge in [-0.15, -0.1) is 0 Å². The lowest BCUT2D eigenvalue weighted by molar-refractivity contribution is 0.0772. The van der Waals surface area contributed by atoms with Gasteiger partial charge in [0.05, 0.1) is 6.61 Å². The summed E-state index contributed by atoms with van der Waals surface area (Å²) in [6.45, 7) is 7.35. The molecule has 2 fully saturated rings. The molecule has 1 heterocycles. The van der Waals surface area contributed by atoms with Crippen molar-refractivity contribution in [3.05, 3.63) is 0 Å². The number of hydrogen-bond acceptors (Lipinski definition) is 3. The first-order valence-corrected chi connectivity index (χ1v) is 8.88. The number of piperidine rings is 1. The summed E-state index contributed by atoms with van der Waals surface area (Å²) in [7, 11) is 0. The van der Waals surface area contributed by atoms with Gasteiger partial charge in [-0.1, -0.05) is 32.6 Å². The van der Waals surface area contributed by atoms with Crippen LogP contribution in [0.3, 0.4) is 0 Å². The molecular formula is C17H32N2O2. The van der Waals surface area contributed by atoms with Crippen molar-refractivity contribution >= 4 is 6.09 Å². The van der Waals surface area contributed by atoms with Crippen molar-refractivity contribution in [3.63, 3.8) is 0 Å². The first-order chi connectivity index (χ1) is 10.2. The molecule has 1 N–H and O–H groups in total. The molecule has 1 saturated carbocycles. The Kier molecular flexibility index (Phi) is 6.81. The maximum atomic E-state index is 12.0. The van der Waals surface area contributed by atoms with E-state index in [1.54, 1.807) is 0 Å². The highest BCUT2D eigenvalue weighted by molar-refractivity contribution is 5.67. The Hall–Kier alpha value is -0.770. The van der Waals surface area contributed by atoms with E-state index in [1.807, 2.05) is 11.8 Å². The van der Waals surface area contributed by atoms with E-state index in [1.165, 1.54) is 38.5 Å². The van der Waals surface area contributed by atoms with Crippen LogP contribution < -0.4 is 5.32 Å². The van der Waals surface area contributed by atoms with Gasteiger partial charge in [0.15, 0.2) is 0 Å². The van der Waals surface area contributed by atoms with Gasteiger partial charge < -0.3 is 15.0 Å². The lowest BCUT2D eigenvalue weighted by Crippen LogP contribution is -2.52. The van der Waals surface area contributed by atoms with Crippen LogP contribution in [0.2, 0.25) is 0 Å². The van der Waals surface area contributed by atoms with Gasteiger partial charge in [0, 0.05) is 19.1 Å². The summed E-state index contributed by atoms with van der Waals surface area (Å²) in [5, 5.41) is 3.73. The summed E-state index contributed by atoms with van der Waals surface area (Å²) in [4.78, 5) is 13.9. The number of likely N-dealkylation sites (tertiary alicyclic amines) is 1. The minimum Gasteiger partial charge on any atom is -0.450 e. The molecule has 1 aliphatic carbocycles. The van der Waals surface area contributed by atoms with Crippen LogP contribution in [0.1, 0.15) is 58.8 Å². The number of nitrogens with zero attached hydrogens (tertiary/aromatic N) is 1. The van der Waals surface area contributed by atoms with E-state index in [-0.39, 0.29) is 6.09 Å². The molecule has 0 aromatic heterocycles. The second-order valence-electron chi connectivity index (χ2n) is 6.72. The second kappa shape index (κ2) is 8.62. The van der Waals surface area contributed by atoms with Crippen LogP contribution in [0, 0.1) is 11.8 Å². The number of nitrogens with one attached hydrogen (secondary N) is 1. The predicted molar refractivity (Wildman–Crippen MR) is 85.4 cm³/mol. The van der Waals surface area contributed by atoms with Crippen LogP contribution in [0.25, 0.3) is 0 Å². The van der Waals surface area contributed by atoms with Crippen molar-refractivity contribution < 1.29 is 9.53 Å². The van der Waals surface area contributed by atoms with E-state index in [4.69, 9.17) is 4.74 Å². The SMILES string of the molecule is CCOC(=O)N1CC(CC)CC(NCC2CCCCC2)C1. The second-order valence-corrected chi connectivity index (χ2v) is 6.72. The fourth-order valence-electron chi connectivity index (χ4n) is 3.74. The molecule has 0 bridgehead atoms. The minimum absolute atomic E-state index is 0.139. The quantitative estimate of drug-likeness (QED) is 0.845. The van der Waals surface area contributed by atoms with Gasteiger partial charge in [-0.3, -0.25) is 0 Å². The molecule has 122 valence electrons. The molecule has 0 aromatic rings. The monoisotopic (exact) mass is 296 g/mol. The van der Waals surface area contributed by atoms with Crippen molar-refractivity contribution in [2.24, 2.45) is 11.8 Å². The first kappa shape index (κ1) is 16.6. The number of rotatable bonds is 5. The Balaban J connectivity index is 1.81. The molecule has 1 aliphatic heterocycles. The summed E-state index contributed by atoms with van der Waals surface area (Å²) < 4.78 is 5.18. The van der Waals surface area contributed by atoms with Gasteiger partial charge in [-0.25, -0.2) is 4.79 Å². The zero-order valence-electron chi connectivity index (χ0n) is 13.8. The largest absolute Gasteiger partial charge is 0.450 e. The van der Waals surface area contributed by atoms with Crippen molar-refractivity contribution in [2.45, 2.75) is 64.8 Å². The average molecular weight is 296 g/mol. The molecule has 1 saturated heterocycles. The maximum Gasteiger partial charge on any atom is 0.409 e. The van der Waals surface area contributed by atoms with Crippen molar-refractivity contribution in [2.75, 3.05) is 26.2 Å². The van der Waals surface area contributed by atoms with Gasteiger partial charge in [-0.2, -0.15) is 0 Å². The number of amides is 1. The normalized spacial score (nSPS) is 27.6. The zero-order valence-corrected chi connectivity index (χ0v) is 13.8. The maximum absolute atomic E-state index is 12.0. The van der Waals surface area contributed by atoms with Gasteiger partial charge in [0.2, 0.25) is 0 Å². The highest BCUT2D eigenvalue weighted by Gasteiger charge is 2.30. The van der Waals surface area contributed by atoms with Gasteiger partial charge in [0.1, 0.15) is 0 Å². The number of carbonyl (C=O) groups is 1. The fraction of sp³-hybridized carbons (Fsp3) is 0.941. The van der Waals surface area contributed by atoms with Crippen LogP contribution in [0.5, 0.6) is 0 Å². The van der Waals surface area contributed by atoms with Crippen LogP contribution in [0.4, 0.5) is 4.79 Å². The van der Waals surface area contributed by atoms with Gasteiger partial charge in [0.25, 0.3) is 0 Å². The van der Waals surface area contributed by atoms with Crippen LogP contribution in [0.15, 0.2) is 0 Å². The summed E-state index contributed by atoms with van der Waals surface area (Å²) in [6.07, 6.45) is 9.13. The molecule has 0 aromatic carbocycles. The van der Waals surface area contributed by atoms with Crippen molar-refractivity contribution in [1.82, 2.24) is 10.2 Å². The number of ether oxygens (including phenoxy) is 1. The molecule has 4 nitrogen and oxygen atoms in total. The molecular weight excluding hydrogens is 264 g/mol. The number of carbonyl (C=O) groups excluding carboxylic acids is 1. The van der Waals surface area contributed by atoms with E-state index in [2.05, 4.69) is 12.2 Å². The zero-order chi connectivity index (χ0) is 15.1. The summed E-state index contributed by atoms with van der Waals surface area (Å²) in [5.74, 6) is 1.45. The third kappa shape index (κ3) is 5.17. The first-order valence-electron chi connectivity index (χ1n) is 8.88. The van der Waals surface area contributed by atoms with Gasteiger partial charge in [-0.05, 0) is 44.6 Å². The average Bonchev–Trinajstić information content (AvgIpc) is 2.54. The molecule has 4 heteroatoms. The lowest BCUT2D eigenvalue weighted by Gasteiger charge is -2.38. The van der Waals surface area contributed by atoms with E-state index in [0.29, 0.717) is 18.6 Å². The van der Waals surface area contributed by atoms with E-state index >= 15 is 0 Å². The highest BCUT2D eigenvalue weighted by atomic mass is 16.6. The van der Waals surface area contributed by atoms with Crippen LogP contribution in [-0.4, -0.2) is 43.3 Å². The molecule has 2 rings (SSSR count). The molecule has 21 heavy (non-hydrogen) atoms. The molecule has 2 aliphatic rings. The van der Waals surface area contributed by atoms with Crippen LogP contribution in [-0.2, 0) is 4.74 Å². The van der Waals surface area contributed by atoms with Gasteiger partial charge >= 0.3 is 6.09 Å². The van der Waals surface area contributed by atoms with E-state index in [0.717, 1.165) is 32.0 Å². The lowest BCUT2D eigenvalue weighted by atomic mass is 9.88. The molecule has 2 atom stereocenters. The fourth-order valence-corrected chi connectivity index (χ4v) is 3.74. The highest BCUT2D eigenvalue weighted by Crippen LogP contribution is 2.24. The van der Waals surface area contributed by atoms with E-state index < -0.39 is 0 Å². The Labute approximate surface area is 129 Å². The van der Waals surface area contributed by atoms with E-state index in [9.17, 15) is 4.79 Å². The molecule has 0 radical (unpaired) electrons. The topological polar surface area (TPSA) is 41.6 Å². The Morgan fingerprint density at radius 1 is 1.14 bits per heavy atom. The Morgan fingerprint density at radius 3 is 2.57 bits per heavy atom. The predicted octanol–water partition coefficient (Wildman–Crippen LogP) is 3.41. The minimum atomic E-state index is -0.139. The van der Waals surface area contributed by atoms with Crippen molar-refractivity contribution in [3.8, 4) is 0 Å². The van der Waals surface area contributed by atoms with Crippen LogP contribution >= 0.6 is 0 Å². The molecule has 0 spiro atoms. The van der Waals surface area contributed by atoms with Crippen molar-refractivity contribution in [1.29, 1.82) is 0 Å². The Morgan fingerprint density at radius 2 is 1.90 bits per heavy atom. The summed E-state index contributed by atoms with van der Waals surface area (Å²) in [6, 6.07) is 0.440. The third-order valence-electron chi connectivity index (χ3n) is 5.06.